The predicted octanol–water partition coefficient (Wildman–Crippen LogP) is 16.0. The molecule has 11 aromatic rings. The van der Waals surface area contributed by atoms with Crippen molar-refractivity contribution in [1.29, 1.82) is 0 Å². The Morgan fingerprint density at radius 2 is 0.671 bits per heavy atom. The highest BCUT2D eigenvalue weighted by Gasteiger charge is 2.53. The first-order valence-electron chi connectivity index (χ1n) is 24.0. The van der Waals surface area contributed by atoms with Crippen LogP contribution in [0, 0.1) is 0 Å². The second-order valence-electron chi connectivity index (χ2n) is 18.7. The lowest BCUT2D eigenvalue weighted by Crippen LogP contribution is -2.25. The molecule has 4 aliphatic rings. The lowest BCUT2D eigenvalue weighted by atomic mass is 9.70. The van der Waals surface area contributed by atoms with Gasteiger partial charge in [0.25, 0.3) is 0 Å². The van der Waals surface area contributed by atoms with E-state index in [9.17, 15) is 0 Å². The molecule has 0 radical (unpaired) electrons. The van der Waals surface area contributed by atoms with Gasteiger partial charge in [0, 0.05) is 18.0 Å². The number of rotatable bonds is 4. The minimum Gasteiger partial charge on any atom is -0.416 e. The number of hydrogen-bond acceptors (Lipinski definition) is 4. The summed E-state index contributed by atoms with van der Waals surface area (Å²) in [4.78, 5) is 4.33. The molecule has 2 heterocycles. The first-order chi connectivity index (χ1) is 34.6. The molecule has 0 atom stereocenters. The minimum atomic E-state index is -0.460. The summed E-state index contributed by atoms with van der Waals surface area (Å²) in [5.74, 6) is 0.885. The molecule has 0 bridgehead atoms. The van der Waals surface area contributed by atoms with Crippen molar-refractivity contribution >= 4 is 0 Å². The number of benzene rings is 9. The number of fused-ring (bicyclic) bond motifs is 20. The van der Waals surface area contributed by atoms with E-state index < -0.39 is 10.8 Å². The van der Waals surface area contributed by atoms with Crippen LogP contribution >= 0.6 is 0 Å². The molecule has 4 nitrogen and oxygen atoms in total. The zero-order chi connectivity index (χ0) is 46.6. The number of allylic oxidation sites excluding steroid dienone is 1. The quantitative estimate of drug-likeness (QED) is 0.165. The van der Waals surface area contributed by atoms with Crippen molar-refractivity contribution in [2.24, 2.45) is 0 Å². The van der Waals surface area contributed by atoms with Gasteiger partial charge in [-0.15, -0.1) is 16.8 Å². The van der Waals surface area contributed by atoms with Gasteiger partial charge >= 0.3 is 0 Å². The van der Waals surface area contributed by atoms with Crippen molar-refractivity contribution in [1.82, 2.24) is 15.2 Å². The van der Waals surface area contributed by atoms with E-state index >= 15 is 0 Å². The third-order valence-electron chi connectivity index (χ3n) is 15.2. The molecular formula is C66H43N3O. The van der Waals surface area contributed by atoms with Gasteiger partial charge in [-0.05, 0) is 161 Å². The van der Waals surface area contributed by atoms with Crippen molar-refractivity contribution in [2.45, 2.75) is 17.8 Å². The third kappa shape index (κ3) is 5.39. The molecule has 4 heteroatoms. The molecule has 2 spiro atoms. The average Bonchev–Trinajstić information content (AvgIpc) is 4.24. The van der Waals surface area contributed by atoms with Crippen LogP contribution in [-0.4, -0.2) is 15.2 Å². The Morgan fingerprint density at radius 1 is 0.343 bits per heavy atom. The van der Waals surface area contributed by atoms with Gasteiger partial charge in [-0.1, -0.05) is 176 Å². The molecule has 0 fully saturated rings. The summed E-state index contributed by atoms with van der Waals surface area (Å²) in [6.45, 7) is 5.25. The van der Waals surface area contributed by atoms with Gasteiger partial charge in [-0.3, -0.25) is 4.98 Å². The summed E-state index contributed by atoms with van der Waals surface area (Å²) in [6.07, 6.45) is 5.26. The SMILES string of the molecule is C=CC.c1cncc(-c2nnc(-c3cc(-c4ccc5c(c4)C4(c6ccccc6-c6ccccc64)c4ccccc4-5)cc(-c4ccc5c(c4)C4(c6ccccc6-c6ccccc64)c4ccccc4-5)c3)o2)c1. The van der Waals surface area contributed by atoms with Gasteiger partial charge in [-0.25, -0.2) is 0 Å². The van der Waals surface area contributed by atoms with Crippen LogP contribution in [-0.2, 0) is 10.8 Å². The van der Waals surface area contributed by atoms with Gasteiger partial charge in [0.2, 0.25) is 11.8 Å². The van der Waals surface area contributed by atoms with Crippen LogP contribution in [0.3, 0.4) is 0 Å². The highest BCUT2D eigenvalue weighted by atomic mass is 16.4. The fourth-order valence-electron chi connectivity index (χ4n) is 12.6. The zero-order valence-corrected chi connectivity index (χ0v) is 38.4. The molecule has 0 unspecified atom stereocenters. The fourth-order valence-corrected chi connectivity index (χ4v) is 12.6. The molecule has 0 aliphatic heterocycles. The highest BCUT2D eigenvalue weighted by Crippen LogP contribution is 2.65. The van der Waals surface area contributed by atoms with Crippen LogP contribution < -0.4 is 0 Å². The van der Waals surface area contributed by atoms with Crippen molar-refractivity contribution in [2.75, 3.05) is 0 Å². The molecular weight excluding hydrogens is 851 g/mol. The molecule has 0 saturated heterocycles. The number of hydrogen-bond donors (Lipinski definition) is 0. The predicted molar refractivity (Wildman–Crippen MR) is 282 cm³/mol. The summed E-state index contributed by atoms with van der Waals surface area (Å²) < 4.78 is 6.52. The van der Waals surface area contributed by atoms with E-state index in [1.807, 2.05) is 19.1 Å². The minimum absolute atomic E-state index is 0.432. The normalized spacial score (nSPS) is 13.8. The maximum atomic E-state index is 6.52. The fraction of sp³-hybridized carbons (Fsp3) is 0.0455. The molecule has 328 valence electrons. The summed E-state index contributed by atoms with van der Waals surface area (Å²) in [5, 5.41) is 9.21. The van der Waals surface area contributed by atoms with Crippen LogP contribution in [0.25, 0.3) is 89.7 Å². The van der Waals surface area contributed by atoms with E-state index in [1.54, 1.807) is 18.5 Å². The Bertz CT molecular complexity index is 3610. The largest absolute Gasteiger partial charge is 0.416 e. The molecule has 2 aromatic heterocycles. The number of pyridine rings is 1. The summed E-state index contributed by atoms with van der Waals surface area (Å²) in [5.41, 5.74) is 25.9. The van der Waals surface area contributed by atoms with E-state index in [2.05, 4.69) is 222 Å². The average molecular weight is 894 g/mol. The van der Waals surface area contributed by atoms with E-state index in [1.165, 1.54) is 89.0 Å². The molecule has 70 heavy (non-hydrogen) atoms. The maximum Gasteiger partial charge on any atom is 0.249 e. The summed E-state index contributed by atoms with van der Waals surface area (Å²) >= 11 is 0. The molecule has 0 saturated carbocycles. The van der Waals surface area contributed by atoms with Crippen LogP contribution in [0.15, 0.2) is 242 Å². The highest BCUT2D eigenvalue weighted by molar-refractivity contribution is 5.98. The molecule has 9 aromatic carbocycles. The standard InChI is InChI=1S/C63H37N3O.C3H6/c1-7-21-52-44(15-1)45-16-2-8-22-53(45)62(52)56-25-11-5-19-48(56)50-29-27-38(35-58(50)62)41-32-42(34-43(33-41)61-66-65-60(67-61)40-14-13-31-64-37-40)39-28-30-51-49-20-6-12-26-57(49)63(59(51)36-39)54-23-9-3-17-46(54)47-18-4-10-24-55(47)63;1-3-2/h1-37H;3H,1H2,2H3. The van der Waals surface area contributed by atoms with Crippen LogP contribution in [0.4, 0.5) is 0 Å². The van der Waals surface area contributed by atoms with Crippen LogP contribution in [0.1, 0.15) is 51.4 Å². The van der Waals surface area contributed by atoms with Gasteiger partial charge in [0.15, 0.2) is 0 Å². The van der Waals surface area contributed by atoms with Gasteiger partial charge in [0.05, 0.1) is 16.4 Å². The topological polar surface area (TPSA) is 51.8 Å². The van der Waals surface area contributed by atoms with Gasteiger partial charge in [0.1, 0.15) is 0 Å². The van der Waals surface area contributed by atoms with Crippen molar-refractivity contribution in [3.05, 3.63) is 282 Å². The van der Waals surface area contributed by atoms with E-state index in [0.717, 1.165) is 33.4 Å². The lowest BCUT2D eigenvalue weighted by molar-refractivity contribution is 0.584. The second-order valence-corrected chi connectivity index (χ2v) is 18.7. The van der Waals surface area contributed by atoms with Crippen molar-refractivity contribution in [3.8, 4) is 89.7 Å². The smallest absolute Gasteiger partial charge is 0.249 e. The van der Waals surface area contributed by atoms with E-state index in [0.29, 0.717) is 11.8 Å². The number of aromatic nitrogens is 3. The van der Waals surface area contributed by atoms with E-state index in [4.69, 9.17) is 4.42 Å². The third-order valence-corrected chi connectivity index (χ3v) is 15.2. The molecule has 4 aliphatic carbocycles. The van der Waals surface area contributed by atoms with Crippen LogP contribution in [0.2, 0.25) is 0 Å². The Labute approximate surface area is 407 Å². The van der Waals surface area contributed by atoms with E-state index in [-0.39, 0.29) is 0 Å². The Balaban J connectivity index is 0.00000150. The molecule has 15 rings (SSSR count). The van der Waals surface area contributed by atoms with Gasteiger partial charge in [-0.2, -0.15) is 0 Å². The molecule has 0 N–H and O–H groups in total. The van der Waals surface area contributed by atoms with Crippen molar-refractivity contribution in [3.63, 3.8) is 0 Å². The Morgan fingerprint density at radius 3 is 1.03 bits per heavy atom. The van der Waals surface area contributed by atoms with Gasteiger partial charge < -0.3 is 4.42 Å². The summed E-state index contributed by atoms with van der Waals surface area (Å²) in [7, 11) is 0. The first-order valence-corrected chi connectivity index (χ1v) is 24.0. The maximum absolute atomic E-state index is 6.52. The first kappa shape index (κ1) is 40.1. The Kier molecular flexibility index (Phi) is 8.75. The van der Waals surface area contributed by atoms with Crippen molar-refractivity contribution < 1.29 is 4.42 Å². The summed E-state index contributed by atoms with van der Waals surface area (Å²) in [6, 6.07) is 78.7. The molecule has 0 amide bonds. The van der Waals surface area contributed by atoms with Crippen LogP contribution in [0.5, 0.6) is 0 Å². The number of nitrogens with zero attached hydrogens (tertiary/aromatic N) is 3. The Hall–Kier alpha value is -8.99. The zero-order valence-electron chi connectivity index (χ0n) is 38.4. The lowest BCUT2D eigenvalue weighted by Gasteiger charge is -2.31. The second kappa shape index (κ2) is 15.3. The monoisotopic (exact) mass is 893 g/mol.